The first-order valence-corrected chi connectivity index (χ1v) is 5.96. The van der Waals surface area contributed by atoms with E-state index >= 15 is 0 Å². The van der Waals surface area contributed by atoms with Gasteiger partial charge in [0.05, 0.1) is 11.0 Å². The van der Waals surface area contributed by atoms with E-state index in [0.717, 1.165) is 33.0 Å². The molecule has 0 atom stereocenters. The lowest BCUT2D eigenvalue weighted by molar-refractivity contribution is 0.476. The normalized spacial score (nSPS) is 11.0. The molecule has 0 amide bonds. The van der Waals surface area contributed by atoms with Gasteiger partial charge in [-0.05, 0) is 30.7 Å². The summed E-state index contributed by atoms with van der Waals surface area (Å²) in [5, 5.41) is 10.1. The van der Waals surface area contributed by atoms with Gasteiger partial charge in [-0.1, -0.05) is 23.7 Å². The second-order valence-corrected chi connectivity index (χ2v) is 4.66. The van der Waals surface area contributed by atoms with Crippen LogP contribution >= 0.6 is 11.6 Å². The SMILES string of the molecule is Cc1ccc(-c2nc3ccc(O)cc3[nH]2)cc1Cl. The van der Waals surface area contributed by atoms with Gasteiger partial charge in [0.2, 0.25) is 0 Å². The summed E-state index contributed by atoms with van der Waals surface area (Å²) in [6.45, 7) is 1.96. The molecule has 0 bridgehead atoms. The summed E-state index contributed by atoms with van der Waals surface area (Å²) in [5.74, 6) is 0.970. The summed E-state index contributed by atoms with van der Waals surface area (Å²) in [7, 11) is 0. The van der Waals surface area contributed by atoms with Gasteiger partial charge in [-0.3, -0.25) is 0 Å². The monoisotopic (exact) mass is 258 g/mol. The highest BCUT2D eigenvalue weighted by atomic mass is 35.5. The third-order valence-electron chi connectivity index (χ3n) is 2.91. The second kappa shape index (κ2) is 4.03. The minimum Gasteiger partial charge on any atom is -0.508 e. The molecule has 1 aromatic heterocycles. The number of imidazole rings is 1. The van der Waals surface area contributed by atoms with Crippen molar-refractivity contribution in [1.29, 1.82) is 0 Å². The van der Waals surface area contributed by atoms with E-state index in [1.54, 1.807) is 18.2 Å². The highest BCUT2D eigenvalue weighted by Crippen LogP contribution is 2.26. The third kappa shape index (κ3) is 1.83. The Bertz CT molecular complexity index is 734. The average Bonchev–Trinajstić information content (AvgIpc) is 2.75. The number of hydrogen-bond donors (Lipinski definition) is 2. The van der Waals surface area contributed by atoms with E-state index in [9.17, 15) is 5.11 Å². The number of benzene rings is 2. The molecule has 3 aromatic rings. The first-order chi connectivity index (χ1) is 8.63. The Balaban J connectivity index is 2.16. The Morgan fingerprint density at radius 3 is 2.78 bits per heavy atom. The van der Waals surface area contributed by atoms with Crippen LogP contribution in [0.25, 0.3) is 22.4 Å². The Kier molecular flexibility index (Phi) is 2.49. The largest absolute Gasteiger partial charge is 0.508 e. The van der Waals surface area contributed by atoms with Gasteiger partial charge in [-0.2, -0.15) is 0 Å². The number of phenolic OH excluding ortho intramolecular Hbond substituents is 1. The van der Waals surface area contributed by atoms with Crippen LogP contribution in [0.3, 0.4) is 0 Å². The van der Waals surface area contributed by atoms with Gasteiger partial charge in [-0.25, -0.2) is 4.98 Å². The number of aromatic hydroxyl groups is 1. The summed E-state index contributed by atoms with van der Waals surface area (Å²) in [4.78, 5) is 7.64. The van der Waals surface area contributed by atoms with E-state index in [1.165, 1.54) is 0 Å². The molecule has 18 heavy (non-hydrogen) atoms. The zero-order valence-electron chi connectivity index (χ0n) is 9.74. The number of halogens is 1. The molecule has 0 unspecified atom stereocenters. The lowest BCUT2D eigenvalue weighted by Gasteiger charge is -2.00. The fourth-order valence-corrected chi connectivity index (χ4v) is 2.06. The summed E-state index contributed by atoms with van der Waals surface area (Å²) < 4.78 is 0. The van der Waals surface area contributed by atoms with Gasteiger partial charge < -0.3 is 10.1 Å². The Hall–Kier alpha value is -2.00. The topological polar surface area (TPSA) is 48.9 Å². The maximum atomic E-state index is 9.42. The summed E-state index contributed by atoms with van der Waals surface area (Å²) >= 11 is 6.11. The highest BCUT2D eigenvalue weighted by Gasteiger charge is 2.07. The molecule has 0 aliphatic rings. The number of fused-ring (bicyclic) bond motifs is 1. The van der Waals surface area contributed by atoms with Crippen molar-refractivity contribution in [2.45, 2.75) is 6.92 Å². The Morgan fingerprint density at radius 2 is 2.00 bits per heavy atom. The molecule has 3 nitrogen and oxygen atoms in total. The number of phenols is 1. The first kappa shape index (κ1) is 11.1. The van der Waals surface area contributed by atoms with Gasteiger partial charge in [0.15, 0.2) is 0 Å². The fraction of sp³-hybridized carbons (Fsp3) is 0.0714. The van der Waals surface area contributed by atoms with E-state index < -0.39 is 0 Å². The maximum absolute atomic E-state index is 9.42. The van der Waals surface area contributed by atoms with E-state index in [-0.39, 0.29) is 5.75 Å². The minimum absolute atomic E-state index is 0.222. The molecule has 0 fully saturated rings. The predicted octanol–water partition coefficient (Wildman–Crippen LogP) is 3.90. The molecule has 4 heteroatoms. The van der Waals surface area contributed by atoms with Crippen LogP contribution in [0, 0.1) is 6.92 Å². The van der Waals surface area contributed by atoms with Crippen LogP contribution in [0.4, 0.5) is 0 Å². The van der Waals surface area contributed by atoms with Crippen molar-refractivity contribution in [3.05, 3.63) is 47.0 Å². The molecule has 2 N–H and O–H groups in total. The van der Waals surface area contributed by atoms with Crippen molar-refractivity contribution in [3.63, 3.8) is 0 Å². The van der Waals surface area contributed by atoms with Crippen LogP contribution in [0.1, 0.15) is 5.56 Å². The molecule has 0 saturated carbocycles. The smallest absolute Gasteiger partial charge is 0.138 e. The van der Waals surface area contributed by atoms with E-state index in [4.69, 9.17) is 11.6 Å². The third-order valence-corrected chi connectivity index (χ3v) is 3.32. The number of nitrogens with zero attached hydrogens (tertiary/aromatic N) is 1. The van der Waals surface area contributed by atoms with Crippen molar-refractivity contribution in [1.82, 2.24) is 9.97 Å². The van der Waals surface area contributed by atoms with E-state index in [0.29, 0.717) is 0 Å². The van der Waals surface area contributed by atoms with E-state index in [1.807, 2.05) is 25.1 Å². The standard InChI is InChI=1S/C14H11ClN2O/c1-8-2-3-9(6-11(8)15)14-16-12-5-4-10(18)7-13(12)17-14/h2-7,18H,1H3,(H,16,17). The van der Waals surface area contributed by atoms with Gasteiger partial charge in [0, 0.05) is 16.7 Å². The van der Waals surface area contributed by atoms with Gasteiger partial charge >= 0.3 is 0 Å². The number of hydrogen-bond acceptors (Lipinski definition) is 2. The van der Waals surface area contributed by atoms with Crippen LogP contribution in [0.5, 0.6) is 5.75 Å². The molecule has 90 valence electrons. The fourth-order valence-electron chi connectivity index (χ4n) is 1.87. The second-order valence-electron chi connectivity index (χ2n) is 4.25. The van der Waals surface area contributed by atoms with Gasteiger partial charge in [0.25, 0.3) is 0 Å². The predicted molar refractivity (Wildman–Crippen MR) is 72.9 cm³/mol. The van der Waals surface area contributed by atoms with Crippen molar-refractivity contribution < 1.29 is 5.11 Å². The zero-order valence-corrected chi connectivity index (χ0v) is 10.5. The number of H-pyrrole nitrogens is 1. The van der Waals surface area contributed by atoms with Gasteiger partial charge in [-0.15, -0.1) is 0 Å². The number of nitrogens with one attached hydrogen (secondary N) is 1. The van der Waals surface area contributed by atoms with Gasteiger partial charge in [0.1, 0.15) is 11.6 Å². The minimum atomic E-state index is 0.222. The number of aromatic amines is 1. The van der Waals surface area contributed by atoms with Crippen LogP contribution in [-0.4, -0.2) is 15.1 Å². The van der Waals surface area contributed by atoms with Crippen LogP contribution in [0.2, 0.25) is 5.02 Å². The number of rotatable bonds is 1. The average molecular weight is 259 g/mol. The van der Waals surface area contributed by atoms with Crippen molar-refractivity contribution in [2.24, 2.45) is 0 Å². The molecule has 0 aliphatic carbocycles. The molecule has 0 radical (unpaired) electrons. The number of aryl methyl sites for hydroxylation is 1. The maximum Gasteiger partial charge on any atom is 0.138 e. The quantitative estimate of drug-likeness (QED) is 0.695. The Labute approximate surface area is 109 Å². The lowest BCUT2D eigenvalue weighted by Crippen LogP contribution is -1.82. The molecule has 3 rings (SSSR count). The van der Waals surface area contributed by atoms with Crippen molar-refractivity contribution >= 4 is 22.6 Å². The van der Waals surface area contributed by atoms with E-state index in [2.05, 4.69) is 9.97 Å². The molecular formula is C14H11ClN2O. The summed E-state index contributed by atoms with van der Waals surface area (Å²) in [6, 6.07) is 10.9. The first-order valence-electron chi connectivity index (χ1n) is 5.59. The van der Waals surface area contributed by atoms with Crippen molar-refractivity contribution in [3.8, 4) is 17.1 Å². The van der Waals surface area contributed by atoms with Crippen molar-refractivity contribution in [2.75, 3.05) is 0 Å². The molecule has 0 saturated heterocycles. The van der Waals surface area contributed by atoms with Crippen LogP contribution in [0.15, 0.2) is 36.4 Å². The highest BCUT2D eigenvalue weighted by molar-refractivity contribution is 6.31. The number of aromatic nitrogens is 2. The van der Waals surface area contributed by atoms with Crippen LogP contribution in [-0.2, 0) is 0 Å². The van der Waals surface area contributed by atoms with Crippen LogP contribution < -0.4 is 0 Å². The Morgan fingerprint density at radius 1 is 1.17 bits per heavy atom. The molecule has 0 aliphatic heterocycles. The molecule has 1 heterocycles. The zero-order chi connectivity index (χ0) is 12.7. The molecule has 0 spiro atoms. The summed E-state index contributed by atoms with van der Waals surface area (Å²) in [5.41, 5.74) is 3.59. The summed E-state index contributed by atoms with van der Waals surface area (Å²) in [6.07, 6.45) is 0. The lowest BCUT2D eigenvalue weighted by atomic mass is 10.1. The molecule has 2 aromatic carbocycles. The molecular weight excluding hydrogens is 248 g/mol.